The summed E-state index contributed by atoms with van der Waals surface area (Å²) in [6.07, 6.45) is 0. The monoisotopic (exact) mass is 484 g/mol. The van der Waals surface area contributed by atoms with Gasteiger partial charge in [0.2, 0.25) is 0 Å². The first-order chi connectivity index (χ1) is 15.7. The first-order valence-corrected chi connectivity index (χ1v) is 10.4. The van der Waals surface area contributed by atoms with Crippen LogP contribution < -0.4 is 15.0 Å². The van der Waals surface area contributed by atoms with Crippen LogP contribution in [0.4, 0.5) is 15.8 Å². The van der Waals surface area contributed by atoms with Gasteiger partial charge in [-0.15, -0.1) is 0 Å². The number of ether oxygens (including phenoxy) is 1. The van der Waals surface area contributed by atoms with Crippen molar-refractivity contribution in [3.63, 3.8) is 0 Å². The lowest BCUT2D eigenvalue weighted by Crippen LogP contribution is -2.32. The quantitative estimate of drug-likeness (QED) is 0.296. The minimum absolute atomic E-state index is 0.0838. The van der Waals surface area contributed by atoms with E-state index >= 15 is 0 Å². The van der Waals surface area contributed by atoms with Crippen molar-refractivity contribution in [2.24, 2.45) is 0 Å². The first kappa shape index (κ1) is 22.5. The largest absolute Gasteiger partial charge is 0.423 e. The van der Waals surface area contributed by atoms with E-state index in [1.165, 1.54) is 30.3 Å². The van der Waals surface area contributed by atoms with Crippen LogP contribution in [0.5, 0.6) is 5.75 Å². The number of halogens is 3. The van der Waals surface area contributed by atoms with Gasteiger partial charge in [0.25, 0.3) is 11.8 Å². The van der Waals surface area contributed by atoms with Crippen molar-refractivity contribution in [2.75, 3.05) is 10.2 Å². The molecule has 0 bridgehead atoms. The van der Waals surface area contributed by atoms with Gasteiger partial charge in [0.15, 0.2) is 0 Å². The molecule has 4 rings (SSSR count). The van der Waals surface area contributed by atoms with Crippen molar-refractivity contribution in [1.29, 1.82) is 0 Å². The zero-order valence-electron chi connectivity index (χ0n) is 17.1. The molecule has 0 aliphatic carbocycles. The van der Waals surface area contributed by atoms with Crippen LogP contribution in [0, 0.1) is 12.7 Å². The molecule has 0 spiro atoms. The third-order valence-electron chi connectivity index (χ3n) is 4.81. The van der Waals surface area contributed by atoms with E-state index in [1.54, 1.807) is 12.1 Å². The number of nitrogens with one attached hydrogen (secondary N) is 1. The minimum atomic E-state index is -0.773. The van der Waals surface area contributed by atoms with E-state index in [9.17, 15) is 18.8 Å². The van der Waals surface area contributed by atoms with Crippen LogP contribution in [-0.2, 0) is 9.59 Å². The Morgan fingerprint density at radius 3 is 2.24 bits per heavy atom. The topological polar surface area (TPSA) is 75.7 Å². The molecule has 1 N–H and O–H groups in total. The summed E-state index contributed by atoms with van der Waals surface area (Å²) in [5, 5.41) is 2.23. The van der Waals surface area contributed by atoms with Gasteiger partial charge in [0.05, 0.1) is 16.3 Å². The van der Waals surface area contributed by atoms with Gasteiger partial charge >= 0.3 is 5.97 Å². The molecule has 0 radical (unpaired) electrons. The number of carbonyl (C=O) groups excluding carboxylic acids is 3. The molecule has 0 aromatic heterocycles. The van der Waals surface area contributed by atoms with Crippen LogP contribution in [0.25, 0.3) is 0 Å². The summed E-state index contributed by atoms with van der Waals surface area (Å²) < 4.78 is 18.8. The Morgan fingerprint density at radius 2 is 1.61 bits per heavy atom. The Balaban J connectivity index is 1.48. The Morgan fingerprint density at radius 1 is 0.939 bits per heavy atom. The second-order valence-corrected chi connectivity index (χ2v) is 7.92. The van der Waals surface area contributed by atoms with Crippen LogP contribution in [0.3, 0.4) is 0 Å². The number of esters is 1. The molecule has 3 aromatic carbocycles. The van der Waals surface area contributed by atoms with Gasteiger partial charge in [0.1, 0.15) is 22.3 Å². The molecule has 0 saturated carbocycles. The minimum Gasteiger partial charge on any atom is -0.423 e. The van der Waals surface area contributed by atoms with Crippen LogP contribution in [0.1, 0.15) is 15.9 Å². The van der Waals surface area contributed by atoms with E-state index in [-0.39, 0.29) is 27.0 Å². The summed E-state index contributed by atoms with van der Waals surface area (Å²) in [7, 11) is 0. The van der Waals surface area contributed by atoms with Crippen LogP contribution >= 0.6 is 23.2 Å². The maximum absolute atomic E-state index is 13.4. The van der Waals surface area contributed by atoms with Gasteiger partial charge in [-0.25, -0.2) is 14.1 Å². The number of aryl methyl sites for hydroxylation is 1. The van der Waals surface area contributed by atoms with Gasteiger partial charge in [-0.05, 0) is 61.5 Å². The molecule has 2 amide bonds. The predicted molar refractivity (Wildman–Crippen MR) is 123 cm³/mol. The molecular formula is C24H15Cl2FN2O4. The number of nitrogens with zero attached hydrogens (tertiary/aromatic N) is 1. The van der Waals surface area contributed by atoms with Crippen molar-refractivity contribution < 1.29 is 23.5 Å². The Labute approximate surface area is 198 Å². The fourth-order valence-corrected chi connectivity index (χ4v) is 3.46. The lowest BCUT2D eigenvalue weighted by molar-refractivity contribution is -0.120. The molecule has 0 fully saturated rings. The molecule has 0 unspecified atom stereocenters. The lowest BCUT2D eigenvalue weighted by atomic mass is 10.2. The maximum Gasteiger partial charge on any atom is 0.343 e. The third-order valence-corrected chi connectivity index (χ3v) is 5.45. The number of rotatable bonds is 5. The first-order valence-electron chi connectivity index (χ1n) is 9.64. The number of imide groups is 1. The normalized spacial score (nSPS) is 13.5. The summed E-state index contributed by atoms with van der Waals surface area (Å²) >= 11 is 11.9. The van der Waals surface area contributed by atoms with Gasteiger partial charge < -0.3 is 10.1 Å². The molecule has 6 nitrogen and oxygen atoms in total. The van der Waals surface area contributed by atoms with E-state index in [2.05, 4.69) is 5.32 Å². The Bertz CT molecular complexity index is 1310. The third kappa shape index (κ3) is 4.60. The number of anilines is 2. The molecule has 9 heteroatoms. The molecule has 1 aliphatic heterocycles. The van der Waals surface area contributed by atoms with Crippen molar-refractivity contribution in [1.82, 2.24) is 0 Å². The number of amides is 2. The van der Waals surface area contributed by atoms with Crippen molar-refractivity contribution in [3.05, 3.63) is 99.4 Å². The fraction of sp³-hybridized carbons (Fsp3) is 0.0417. The standard InChI is InChI=1S/C24H15Cl2FN2O4/c1-13-2-9-17(10-3-13)33-24(32)14-4-6-15(7-5-14)28-21-20(26)22(30)29(23(21)31)16-8-11-19(27)18(25)12-16/h2-12,28H,1H3. The molecule has 0 saturated heterocycles. The van der Waals surface area contributed by atoms with Crippen LogP contribution in [-0.4, -0.2) is 17.8 Å². The summed E-state index contributed by atoms with van der Waals surface area (Å²) in [6.45, 7) is 1.93. The molecule has 166 valence electrons. The highest BCUT2D eigenvalue weighted by Gasteiger charge is 2.39. The number of hydrogen-bond acceptors (Lipinski definition) is 5. The molecule has 1 aliphatic rings. The number of benzene rings is 3. The fourth-order valence-electron chi connectivity index (χ4n) is 3.08. The maximum atomic E-state index is 13.4. The average molecular weight is 485 g/mol. The second kappa shape index (κ2) is 9.05. The van der Waals surface area contributed by atoms with Crippen LogP contribution in [0.2, 0.25) is 5.02 Å². The zero-order valence-corrected chi connectivity index (χ0v) is 18.6. The molecule has 33 heavy (non-hydrogen) atoms. The SMILES string of the molecule is Cc1ccc(OC(=O)c2ccc(NC3=C(Cl)C(=O)N(c4ccc(F)c(Cl)c4)C3=O)cc2)cc1. The van der Waals surface area contributed by atoms with Crippen molar-refractivity contribution >= 4 is 52.4 Å². The van der Waals surface area contributed by atoms with Gasteiger partial charge in [-0.1, -0.05) is 40.9 Å². The van der Waals surface area contributed by atoms with E-state index in [0.29, 0.717) is 11.4 Å². The molecule has 1 heterocycles. The van der Waals surface area contributed by atoms with Crippen LogP contribution in [0.15, 0.2) is 77.5 Å². The average Bonchev–Trinajstić information content (AvgIpc) is 3.01. The Kier molecular flexibility index (Phi) is 6.18. The molecule has 3 aromatic rings. The summed E-state index contributed by atoms with van der Waals surface area (Å²) in [6, 6.07) is 16.6. The van der Waals surface area contributed by atoms with Crippen molar-refractivity contribution in [2.45, 2.75) is 6.92 Å². The van der Waals surface area contributed by atoms with E-state index in [0.717, 1.165) is 22.6 Å². The van der Waals surface area contributed by atoms with E-state index < -0.39 is 23.6 Å². The summed E-state index contributed by atoms with van der Waals surface area (Å²) in [5.41, 5.74) is 1.67. The highest BCUT2D eigenvalue weighted by atomic mass is 35.5. The number of hydrogen-bond donors (Lipinski definition) is 1. The van der Waals surface area contributed by atoms with E-state index in [4.69, 9.17) is 27.9 Å². The predicted octanol–water partition coefficient (Wildman–Crippen LogP) is 5.44. The van der Waals surface area contributed by atoms with Crippen molar-refractivity contribution in [3.8, 4) is 5.75 Å². The second-order valence-electron chi connectivity index (χ2n) is 7.14. The molecular weight excluding hydrogens is 470 g/mol. The summed E-state index contributed by atoms with van der Waals surface area (Å²) in [5.74, 6) is -2.31. The zero-order chi connectivity index (χ0) is 23.7. The Hall–Kier alpha value is -3.68. The lowest BCUT2D eigenvalue weighted by Gasteiger charge is -2.15. The van der Waals surface area contributed by atoms with E-state index in [1.807, 2.05) is 19.1 Å². The molecule has 0 atom stereocenters. The van der Waals surface area contributed by atoms with Gasteiger partial charge in [-0.2, -0.15) is 0 Å². The number of carbonyl (C=O) groups is 3. The smallest absolute Gasteiger partial charge is 0.343 e. The van der Waals surface area contributed by atoms with Gasteiger partial charge in [-0.3, -0.25) is 9.59 Å². The highest BCUT2D eigenvalue weighted by molar-refractivity contribution is 6.53. The summed E-state index contributed by atoms with van der Waals surface area (Å²) in [4.78, 5) is 38.5. The van der Waals surface area contributed by atoms with Gasteiger partial charge in [0, 0.05) is 5.69 Å². The highest BCUT2D eigenvalue weighted by Crippen LogP contribution is 2.32.